The fraction of sp³-hybridized carbons (Fsp3) is 0.227. The van der Waals surface area contributed by atoms with Crippen LogP contribution in [0.5, 0.6) is 17.2 Å². The first-order valence-corrected chi connectivity index (χ1v) is 8.77. The van der Waals surface area contributed by atoms with Crippen molar-refractivity contribution in [1.29, 1.82) is 0 Å². The molecule has 1 atom stereocenters. The minimum Gasteiger partial charge on any atom is -0.496 e. The maximum absolute atomic E-state index is 12.5. The second-order valence-electron chi connectivity index (χ2n) is 6.50. The molecule has 27 heavy (non-hydrogen) atoms. The third kappa shape index (κ3) is 2.85. The predicted molar refractivity (Wildman–Crippen MR) is 105 cm³/mol. The molecule has 0 spiro atoms. The van der Waals surface area contributed by atoms with Crippen molar-refractivity contribution >= 4 is 22.4 Å². The van der Waals surface area contributed by atoms with E-state index >= 15 is 0 Å². The van der Waals surface area contributed by atoms with Crippen LogP contribution < -0.4 is 19.5 Å². The first kappa shape index (κ1) is 17.2. The minimum absolute atomic E-state index is 0.0132. The lowest BCUT2D eigenvalue weighted by atomic mass is 9.82. The van der Waals surface area contributed by atoms with Gasteiger partial charge in [0.15, 0.2) is 11.5 Å². The smallest absolute Gasteiger partial charge is 0.225 e. The number of amides is 1. The molecule has 0 fully saturated rings. The molecule has 0 radical (unpaired) electrons. The van der Waals surface area contributed by atoms with Gasteiger partial charge in [0, 0.05) is 29.4 Å². The van der Waals surface area contributed by atoms with Gasteiger partial charge in [-0.25, -0.2) is 0 Å². The van der Waals surface area contributed by atoms with Gasteiger partial charge in [0.25, 0.3) is 0 Å². The van der Waals surface area contributed by atoms with Gasteiger partial charge >= 0.3 is 0 Å². The zero-order chi connectivity index (χ0) is 19.0. The van der Waals surface area contributed by atoms with Crippen LogP contribution in [0.15, 0.2) is 48.5 Å². The molecule has 1 aliphatic rings. The van der Waals surface area contributed by atoms with Gasteiger partial charge in [0.1, 0.15) is 5.75 Å². The normalized spacial score (nSPS) is 15.8. The van der Waals surface area contributed by atoms with Gasteiger partial charge < -0.3 is 19.5 Å². The van der Waals surface area contributed by atoms with E-state index in [2.05, 4.69) is 17.4 Å². The Morgan fingerprint density at radius 2 is 1.56 bits per heavy atom. The molecule has 5 nitrogen and oxygen atoms in total. The van der Waals surface area contributed by atoms with Crippen LogP contribution in [0.25, 0.3) is 10.8 Å². The molecular weight excluding hydrogens is 342 g/mol. The van der Waals surface area contributed by atoms with E-state index in [0.717, 1.165) is 27.6 Å². The van der Waals surface area contributed by atoms with Crippen LogP contribution in [0.1, 0.15) is 23.5 Å². The monoisotopic (exact) mass is 363 g/mol. The summed E-state index contributed by atoms with van der Waals surface area (Å²) in [6.07, 6.45) is 0.344. The van der Waals surface area contributed by atoms with E-state index in [1.807, 2.05) is 30.3 Å². The van der Waals surface area contributed by atoms with E-state index in [1.54, 1.807) is 27.4 Å². The standard InChI is InChI=1S/C22H21NO4/c1-25-18-12-20(27-3)19(26-2)10-17(18)16-11-21(24)23-22-14-7-5-4-6-13(14)8-9-15(16)22/h4-10,12,16H,11H2,1-3H3,(H,23,24)/t16-/m0/s1. The molecule has 5 heteroatoms. The number of carbonyl (C=O) groups excluding carboxylic acids is 1. The molecular formula is C22H21NO4. The average molecular weight is 363 g/mol. The van der Waals surface area contributed by atoms with E-state index in [1.165, 1.54) is 0 Å². The maximum atomic E-state index is 12.5. The number of hydrogen-bond acceptors (Lipinski definition) is 4. The number of ether oxygens (including phenoxy) is 3. The Hall–Kier alpha value is -3.21. The van der Waals surface area contributed by atoms with Crippen LogP contribution in [0.3, 0.4) is 0 Å². The number of benzene rings is 3. The molecule has 3 aromatic carbocycles. The SMILES string of the molecule is COc1cc(OC)c([C@H]2CC(=O)Nc3c2ccc2ccccc32)cc1OC. The number of nitrogens with one attached hydrogen (secondary N) is 1. The molecule has 1 heterocycles. The van der Waals surface area contributed by atoms with Crippen LogP contribution in [0.2, 0.25) is 0 Å². The van der Waals surface area contributed by atoms with E-state index in [4.69, 9.17) is 14.2 Å². The van der Waals surface area contributed by atoms with Gasteiger partial charge in [-0.1, -0.05) is 36.4 Å². The Morgan fingerprint density at radius 3 is 2.30 bits per heavy atom. The summed E-state index contributed by atoms with van der Waals surface area (Å²) in [5.41, 5.74) is 2.84. The van der Waals surface area contributed by atoms with Crippen LogP contribution in [-0.2, 0) is 4.79 Å². The largest absolute Gasteiger partial charge is 0.496 e. The molecule has 1 aliphatic heterocycles. The first-order valence-electron chi connectivity index (χ1n) is 8.77. The van der Waals surface area contributed by atoms with Crippen molar-refractivity contribution in [3.63, 3.8) is 0 Å². The van der Waals surface area contributed by atoms with E-state index in [9.17, 15) is 4.79 Å². The molecule has 0 aliphatic carbocycles. The average Bonchev–Trinajstić information content (AvgIpc) is 2.71. The zero-order valence-corrected chi connectivity index (χ0v) is 15.5. The van der Waals surface area contributed by atoms with Gasteiger partial charge in [-0.05, 0) is 17.0 Å². The van der Waals surface area contributed by atoms with Crippen LogP contribution in [-0.4, -0.2) is 27.2 Å². The van der Waals surface area contributed by atoms with Gasteiger partial charge in [-0.15, -0.1) is 0 Å². The number of fused-ring (bicyclic) bond motifs is 3. The fourth-order valence-corrected chi connectivity index (χ4v) is 3.81. The van der Waals surface area contributed by atoms with Crippen molar-refractivity contribution in [3.05, 3.63) is 59.7 Å². The number of methoxy groups -OCH3 is 3. The first-order chi connectivity index (χ1) is 13.2. The summed E-state index contributed by atoms with van der Waals surface area (Å²) >= 11 is 0. The topological polar surface area (TPSA) is 56.8 Å². The summed E-state index contributed by atoms with van der Waals surface area (Å²) in [6, 6.07) is 15.9. The van der Waals surface area contributed by atoms with Gasteiger partial charge in [-0.2, -0.15) is 0 Å². The highest BCUT2D eigenvalue weighted by Gasteiger charge is 2.30. The number of carbonyl (C=O) groups is 1. The zero-order valence-electron chi connectivity index (χ0n) is 15.5. The summed E-state index contributed by atoms with van der Waals surface area (Å²) < 4.78 is 16.5. The summed E-state index contributed by atoms with van der Waals surface area (Å²) in [4.78, 5) is 12.5. The fourth-order valence-electron chi connectivity index (χ4n) is 3.81. The van der Waals surface area contributed by atoms with Crippen molar-refractivity contribution in [2.24, 2.45) is 0 Å². The molecule has 0 unspecified atom stereocenters. The third-order valence-electron chi connectivity index (χ3n) is 5.10. The summed E-state index contributed by atoms with van der Waals surface area (Å²) in [5.74, 6) is 1.74. The second-order valence-corrected chi connectivity index (χ2v) is 6.50. The Labute approximate surface area is 157 Å². The lowest BCUT2D eigenvalue weighted by molar-refractivity contribution is -0.116. The third-order valence-corrected chi connectivity index (χ3v) is 5.10. The van der Waals surface area contributed by atoms with Gasteiger partial charge in [0.05, 0.1) is 27.0 Å². The lowest BCUT2D eigenvalue weighted by Crippen LogP contribution is -2.24. The molecule has 138 valence electrons. The number of anilines is 1. The highest BCUT2D eigenvalue weighted by atomic mass is 16.5. The van der Waals surface area contributed by atoms with Crippen LogP contribution in [0, 0.1) is 0 Å². The Morgan fingerprint density at radius 1 is 0.852 bits per heavy atom. The van der Waals surface area contributed by atoms with Crippen molar-refractivity contribution < 1.29 is 19.0 Å². The van der Waals surface area contributed by atoms with Gasteiger partial charge in [0.2, 0.25) is 5.91 Å². The Kier molecular flexibility index (Phi) is 4.36. The number of rotatable bonds is 4. The molecule has 0 aromatic heterocycles. The van der Waals surface area contributed by atoms with Crippen molar-refractivity contribution in [2.45, 2.75) is 12.3 Å². The van der Waals surface area contributed by atoms with E-state index < -0.39 is 0 Å². The second kappa shape index (κ2) is 6.83. The maximum Gasteiger partial charge on any atom is 0.225 e. The summed E-state index contributed by atoms with van der Waals surface area (Å²) in [6.45, 7) is 0. The lowest BCUT2D eigenvalue weighted by Gasteiger charge is -2.28. The van der Waals surface area contributed by atoms with E-state index in [0.29, 0.717) is 23.7 Å². The van der Waals surface area contributed by atoms with Crippen molar-refractivity contribution in [2.75, 3.05) is 26.6 Å². The van der Waals surface area contributed by atoms with Crippen LogP contribution in [0.4, 0.5) is 5.69 Å². The Balaban J connectivity index is 1.94. The molecule has 3 aromatic rings. The molecule has 0 bridgehead atoms. The van der Waals surface area contributed by atoms with Crippen molar-refractivity contribution in [1.82, 2.24) is 0 Å². The predicted octanol–water partition coefficient (Wildman–Crippen LogP) is 4.34. The Bertz CT molecular complexity index is 1030. The highest BCUT2D eigenvalue weighted by molar-refractivity contribution is 6.06. The van der Waals surface area contributed by atoms with Crippen LogP contribution >= 0.6 is 0 Å². The summed E-state index contributed by atoms with van der Waals surface area (Å²) in [7, 11) is 4.81. The number of hydrogen-bond donors (Lipinski definition) is 1. The highest BCUT2D eigenvalue weighted by Crippen LogP contribution is 2.46. The summed E-state index contributed by atoms with van der Waals surface area (Å²) in [5, 5.41) is 5.18. The molecule has 0 saturated carbocycles. The molecule has 0 saturated heterocycles. The molecule has 1 N–H and O–H groups in total. The van der Waals surface area contributed by atoms with Crippen molar-refractivity contribution in [3.8, 4) is 17.2 Å². The minimum atomic E-state index is -0.131. The molecule has 4 rings (SSSR count). The van der Waals surface area contributed by atoms with Gasteiger partial charge in [-0.3, -0.25) is 4.79 Å². The quantitative estimate of drug-likeness (QED) is 0.749. The van der Waals surface area contributed by atoms with E-state index in [-0.39, 0.29) is 11.8 Å². The molecule has 1 amide bonds.